The highest BCUT2D eigenvalue weighted by Crippen LogP contribution is 2.20. The minimum Gasteiger partial charge on any atom is -0.398 e. The van der Waals surface area contributed by atoms with Gasteiger partial charge in [0.05, 0.1) is 6.04 Å². The number of aryl methyl sites for hydroxylation is 1. The molecule has 0 radical (unpaired) electrons. The highest BCUT2D eigenvalue weighted by atomic mass is 19.1. The Morgan fingerprint density at radius 3 is 2.78 bits per heavy atom. The van der Waals surface area contributed by atoms with Gasteiger partial charge >= 0.3 is 0 Å². The van der Waals surface area contributed by atoms with Crippen LogP contribution in [0.2, 0.25) is 0 Å². The number of benzene rings is 1. The molecule has 0 aliphatic heterocycles. The van der Waals surface area contributed by atoms with Crippen molar-refractivity contribution in [1.82, 2.24) is 4.98 Å². The second-order valence-corrected chi connectivity index (χ2v) is 4.35. The lowest BCUT2D eigenvalue weighted by Gasteiger charge is -2.15. The first-order valence-corrected chi connectivity index (χ1v) is 5.80. The molecule has 2 rings (SSSR count). The Morgan fingerprint density at radius 2 is 2.11 bits per heavy atom. The minimum atomic E-state index is -0.238. The number of nitrogens with zero attached hydrogens (tertiary/aromatic N) is 1. The second-order valence-electron chi connectivity index (χ2n) is 4.35. The smallest absolute Gasteiger partial charge is 0.128 e. The Bertz CT molecular complexity index is 554. The highest BCUT2D eigenvalue weighted by molar-refractivity contribution is 5.54. The number of anilines is 2. The number of rotatable bonds is 3. The van der Waals surface area contributed by atoms with E-state index in [-0.39, 0.29) is 11.9 Å². The molecule has 3 nitrogen and oxygen atoms in total. The van der Waals surface area contributed by atoms with E-state index < -0.39 is 0 Å². The standard InChI is InChI=1S/C14H16FN3/c1-9-8-17-14(7-13(9)16)18-10(2)11-4-3-5-12(15)6-11/h3-8,10H,1-2H3,(H3,16,17,18). The Labute approximate surface area is 106 Å². The molecule has 2 aromatic rings. The van der Waals surface area contributed by atoms with Gasteiger partial charge in [-0.2, -0.15) is 0 Å². The molecule has 0 saturated heterocycles. The average Bonchev–Trinajstić information content (AvgIpc) is 2.34. The van der Waals surface area contributed by atoms with E-state index in [9.17, 15) is 4.39 Å². The van der Waals surface area contributed by atoms with Gasteiger partial charge in [0.1, 0.15) is 11.6 Å². The van der Waals surface area contributed by atoms with Crippen LogP contribution in [0.1, 0.15) is 24.1 Å². The Morgan fingerprint density at radius 1 is 1.33 bits per heavy atom. The average molecular weight is 245 g/mol. The van der Waals surface area contributed by atoms with Crippen LogP contribution in [0.5, 0.6) is 0 Å². The SMILES string of the molecule is Cc1cnc(NC(C)c2cccc(F)c2)cc1N. The predicted molar refractivity (Wildman–Crippen MR) is 71.8 cm³/mol. The lowest BCUT2D eigenvalue weighted by Crippen LogP contribution is -2.08. The van der Waals surface area contributed by atoms with E-state index in [1.807, 2.05) is 19.9 Å². The summed E-state index contributed by atoms with van der Waals surface area (Å²) >= 11 is 0. The van der Waals surface area contributed by atoms with E-state index in [4.69, 9.17) is 5.73 Å². The van der Waals surface area contributed by atoms with Crippen molar-refractivity contribution in [1.29, 1.82) is 0 Å². The summed E-state index contributed by atoms with van der Waals surface area (Å²) in [6, 6.07) is 8.26. The summed E-state index contributed by atoms with van der Waals surface area (Å²) in [4.78, 5) is 4.24. The van der Waals surface area contributed by atoms with Gasteiger partial charge in [-0.25, -0.2) is 9.37 Å². The normalized spacial score (nSPS) is 12.2. The van der Waals surface area contributed by atoms with Crippen LogP contribution in [-0.2, 0) is 0 Å². The third-order valence-corrected chi connectivity index (χ3v) is 2.86. The summed E-state index contributed by atoms with van der Waals surface area (Å²) in [7, 11) is 0. The van der Waals surface area contributed by atoms with Gasteiger partial charge in [0, 0.05) is 18.0 Å². The maximum absolute atomic E-state index is 13.1. The van der Waals surface area contributed by atoms with Gasteiger partial charge in [-0.15, -0.1) is 0 Å². The summed E-state index contributed by atoms with van der Waals surface area (Å²) in [5, 5.41) is 3.20. The minimum absolute atomic E-state index is 0.0321. The number of nitrogen functional groups attached to an aromatic ring is 1. The van der Waals surface area contributed by atoms with Gasteiger partial charge in [0.15, 0.2) is 0 Å². The number of hydrogen-bond acceptors (Lipinski definition) is 3. The quantitative estimate of drug-likeness (QED) is 0.872. The summed E-state index contributed by atoms with van der Waals surface area (Å²) in [5.74, 6) is 0.451. The van der Waals surface area contributed by atoms with Crippen molar-refractivity contribution >= 4 is 11.5 Å². The van der Waals surface area contributed by atoms with Crippen molar-refractivity contribution in [3.8, 4) is 0 Å². The molecule has 0 spiro atoms. The highest BCUT2D eigenvalue weighted by Gasteiger charge is 2.07. The zero-order valence-electron chi connectivity index (χ0n) is 10.4. The molecular formula is C14H16FN3. The molecule has 4 heteroatoms. The number of halogens is 1. The van der Waals surface area contributed by atoms with Crippen molar-refractivity contribution in [3.05, 3.63) is 53.5 Å². The molecule has 1 heterocycles. The largest absolute Gasteiger partial charge is 0.398 e. The summed E-state index contributed by atoms with van der Waals surface area (Å²) in [6.07, 6.45) is 1.72. The molecule has 94 valence electrons. The maximum Gasteiger partial charge on any atom is 0.128 e. The first kappa shape index (κ1) is 12.4. The van der Waals surface area contributed by atoms with Gasteiger partial charge < -0.3 is 11.1 Å². The molecule has 1 aromatic carbocycles. The van der Waals surface area contributed by atoms with Gasteiger partial charge in [0.25, 0.3) is 0 Å². The molecular weight excluding hydrogens is 229 g/mol. The van der Waals surface area contributed by atoms with Crippen LogP contribution < -0.4 is 11.1 Å². The number of pyridine rings is 1. The molecule has 0 bridgehead atoms. The zero-order chi connectivity index (χ0) is 13.1. The molecule has 1 aromatic heterocycles. The molecule has 1 atom stereocenters. The van der Waals surface area contributed by atoms with Crippen LogP contribution in [0.4, 0.5) is 15.9 Å². The maximum atomic E-state index is 13.1. The summed E-state index contributed by atoms with van der Waals surface area (Å²) in [6.45, 7) is 3.86. The van der Waals surface area contributed by atoms with Crippen molar-refractivity contribution in [3.63, 3.8) is 0 Å². The molecule has 18 heavy (non-hydrogen) atoms. The Hall–Kier alpha value is -2.10. The molecule has 0 amide bonds. The molecule has 3 N–H and O–H groups in total. The van der Waals surface area contributed by atoms with E-state index >= 15 is 0 Å². The van der Waals surface area contributed by atoms with Crippen molar-refractivity contribution in [2.45, 2.75) is 19.9 Å². The fourth-order valence-corrected chi connectivity index (χ4v) is 1.70. The zero-order valence-corrected chi connectivity index (χ0v) is 10.4. The number of nitrogens with two attached hydrogens (primary N) is 1. The molecule has 0 aliphatic carbocycles. The van der Waals surface area contributed by atoms with Crippen LogP contribution in [-0.4, -0.2) is 4.98 Å². The monoisotopic (exact) mass is 245 g/mol. The van der Waals surface area contributed by atoms with Crippen LogP contribution in [0.15, 0.2) is 36.5 Å². The van der Waals surface area contributed by atoms with Crippen LogP contribution >= 0.6 is 0 Å². The van der Waals surface area contributed by atoms with E-state index in [1.165, 1.54) is 12.1 Å². The number of nitrogens with one attached hydrogen (secondary N) is 1. The van der Waals surface area contributed by atoms with Crippen LogP contribution in [0.25, 0.3) is 0 Å². The third-order valence-electron chi connectivity index (χ3n) is 2.86. The topological polar surface area (TPSA) is 50.9 Å². The predicted octanol–water partition coefficient (Wildman–Crippen LogP) is 3.28. The molecule has 1 unspecified atom stereocenters. The molecule has 0 fully saturated rings. The fraction of sp³-hybridized carbons (Fsp3) is 0.214. The van der Waals surface area contributed by atoms with Crippen molar-refractivity contribution in [2.75, 3.05) is 11.1 Å². The third kappa shape index (κ3) is 2.77. The second kappa shape index (κ2) is 5.04. The summed E-state index contributed by atoms with van der Waals surface area (Å²) in [5.41, 5.74) is 8.33. The van der Waals surface area contributed by atoms with E-state index in [0.717, 1.165) is 11.1 Å². The lowest BCUT2D eigenvalue weighted by atomic mass is 10.1. The molecule has 0 saturated carbocycles. The van der Waals surface area contributed by atoms with E-state index in [1.54, 1.807) is 18.3 Å². The number of hydrogen-bond donors (Lipinski definition) is 2. The summed E-state index contributed by atoms with van der Waals surface area (Å²) < 4.78 is 13.1. The van der Waals surface area contributed by atoms with Gasteiger partial charge in [0.2, 0.25) is 0 Å². The first-order valence-electron chi connectivity index (χ1n) is 5.80. The van der Waals surface area contributed by atoms with E-state index in [0.29, 0.717) is 11.5 Å². The Kier molecular flexibility index (Phi) is 3.46. The molecule has 0 aliphatic rings. The van der Waals surface area contributed by atoms with Gasteiger partial charge in [-0.3, -0.25) is 0 Å². The first-order chi connectivity index (χ1) is 8.56. The van der Waals surface area contributed by atoms with Gasteiger partial charge in [-0.1, -0.05) is 12.1 Å². The van der Waals surface area contributed by atoms with E-state index in [2.05, 4.69) is 10.3 Å². The number of aromatic nitrogens is 1. The lowest BCUT2D eigenvalue weighted by molar-refractivity contribution is 0.623. The Balaban J connectivity index is 2.16. The van der Waals surface area contributed by atoms with Gasteiger partial charge in [-0.05, 0) is 37.1 Å². The fourth-order valence-electron chi connectivity index (χ4n) is 1.70. The van der Waals surface area contributed by atoms with Crippen molar-refractivity contribution < 1.29 is 4.39 Å². The van der Waals surface area contributed by atoms with Crippen LogP contribution in [0.3, 0.4) is 0 Å². The van der Waals surface area contributed by atoms with Crippen LogP contribution in [0, 0.1) is 12.7 Å². The van der Waals surface area contributed by atoms with Crippen molar-refractivity contribution in [2.24, 2.45) is 0 Å².